The SMILES string of the molecule is Cc1c(C(=O)NCc2sccc2/C=C/C(=O)O)cnn1C. The van der Waals surface area contributed by atoms with E-state index in [0.717, 1.165) is 22.2 Å². The van der Waals surface area contributed by atoms with E-state index in [1.165, 1.54) is 23.6 Å². The molecule has 0 fully saturated rings. The zero-order valence-corrected chi connectivity index (χ0v) is 12.5. The van der Waals surface area contributed by atoms with Crippen molar-refractivity contribution in [2.75, 3.05) is 0 Å². The standard InChI is InChI=1S/C14H15N3O3S/c1-9-11(7-16-17(9)2)14(20)15-8-12-10(5-6-21-12)3-4-13(18)19/h3-7H,8H2,1-2H3,(H,15,20)(H,18,19)/b4-3+. The van der Waals surface area contributed by atoms with Crippen molar-refractivity contribution in [1.82, 2.24) is 15.1 Å². The molecule has 2 aromatic heterocycles. The first-order valence-electron chi connectivity index (χ1n) is 6.23. The quantitative estimate of drug-likeness (QED) is 0.825. The molecule has 21 heavy (non-hydrogen) atoms. The van der Waals surface area contributed by atoms with Crippen LogP contribution in [0.1, 0.15) is 26.5 Å². The lowest BCUT2D eigenvalue weighted by Gasteiger charge is -2.04. The van der Waals surface area contributed by atoms with Crippen LogP contribution in [-0.2, 0) is 18.4 Å². The molecular formula is C14H15N3O3S. The number of aromatic nitrogens is 2. The van der Waals surface area contributed by atoms with E-state index < -0.39 is 5.97 Å². The largest absolute Gasteiger partial charge is 0.478 e. The average molecular weight is 305 g/mol. The van der Waals surface area contributed by atoms with Gasteiger partial charge in [0.15, 0.2) is 0 Å². The molecular weight excluding hydrogens is 290 g/mol. The number of aliphatic carboxylic acids is 1. The summed E-state index contributed by atoms with van der Waals surface area (Å²) in [7, 11) is 1.78. The molecule has 7 heteroatoms. The molecule has 6 nitrogen and oxygen atoms in total. The first-order valence-corrected chi connectivity index (χ1v) is 7.11. The minimum absolute atomic E-state index is 0.192. The highest BCUT2D eigenvalue weighted by Crippen LogP contribution is 2.18. The molecule has 0 aliphatic heterocycles. The van der Waals surface area contributed by atoms with Gasteiger partial charge in [-0.25, -0.2) is 4.79 Å². The Labute approximate surface area is 125 Å². The molecule has 2 heterocycles. The van der Waals surface area contributed by atoms with Crippen molar-refractivity contribution in [3.05, 3.63) is 45.4 Å². The molecule has 0 saturated heterocycles. The summed E-state index contributed by atoms with van der Waals surface area (Å²) < 4.78 is 1.64. The van der Waals surface area contributed by atoms with E-state index in [-0.39, 0.29) is 5.91 Å². The van der Waals surface area contributed by atoms with Crippen LogP contribution >= 0.6 is 11.3 Å². The van der Waals surface area contributed by atoms with Crippen LogP contribution in [0.3, 0.4) is 0 Å². The van der Waals surface area contributed by atoms with Gasteiger partial charge in [0.25, 0.3) is 5.91 Å². The van der Waals surface area contributed by atoms with Crippen molar-refractivity contribution in [2.45, 2.75) is 13.5 Å². The lowest BCUT2D eigenvalue weighted by molar-refractivity contribution is -0.131. The van der Waals surface area contributed by atoms with Crippen molar-refractivity contribution < 1.29 is 14.7 Å². The van der Waals surface area contributed by atoms with Gasteiger partial charge >= 0.3 is 5.97 Å². The number of carbonyl (C=O) groups is 2. The van der Waals surface area contributed by atoms with Gasteiger partial charge in [0.2, 0.25) is 0 Å². The van der Waals surface area contributed by atoms with E-state index in [4.69, 9.17) is 5.11 Å². The van der Waals surface area contributed by atoms with Crippen LogP contribution in [0.25, 0.3) is 6.08 Å². The third-order valence-corrected chi connectivity index (χ3v) is 4.01. The van der Waals surface area contributed by atoms with Gasteiger partial charge in [-0.2, -0.15) is 5.10 Å². The number of nitrogens with zero attached hydrogens (tertiary/aromatic N) is 2. The summed E-state index contributed by atoms with van der Waals surface area (Å²) in [4.78, 5) is 23.5. The molecule has 110 valence electrons. The molecule has 2 aromatic rings. The van der Waals surface area contributed by atoms with E-state index in [9.17, 15) is 9.59 Å². The number of rotatable bonds is 5. The van der Waals surface area contributed by atoms with E-state index in [1.54, 1.807) is 11.7 Å². The van der Waals surface area contributed by atoms with Crippen molar-refractivity contribution >= 4 is 29.3 Å². The average Bonchev–Trinajstić information content (AvgIpc) is 3.02. The van der Waals surface area contributed by atoms with E-state index in [1.807, 2.05) is 18.4 Å². The Kier molecular flexibility index (Phi) is 4.54. The maximum absolute atomic E-state index is 12.1. The van der Waals surface area contributed by atoms with Gasteiger partial charge in [-0.3, -0.25) is 9.48 Å². The van der Waals surface area contributed by atoms with Crippen LogP contribution in [0.15, 0.2) is 23.7 Å². The predicted molar refractivity (Wildman–Crippen MR) is 80.1 cm³/mol. The Morgan fingerprint density at radius 1 is 1.52 bits per heavy atom. The van der Waals surface area contributed by atoms with Gasteiger partial charge in [-0.1, -0.05) is 0 Å². The fraction of sp³-hybridized carbons (Fsp3) is 0.214. The van der Waals surface area contributed by atoms with Crippen LogP contribution in [-0.4, -0.2) is 26.8 Å². The number of hydrogen-bond acceptors (Lipinski definition) is 4. The molecule has 0 bridgehead atoms. The molecule has 0 atom stereocenters. The highest BCUT2D eigenvalue weighted by molar-refractivity contribution is 7.10. The summed E-state index contributed by atoms with van der Waals surface area (Å²) in [5, 5.41) is 17.4. The third-order valence-electron chi connectivity index (χ3n) is 3.07. The van der Waals surface area contributed by atoms with Gasteiger partial charge < -0.3 is 10.4 Å². The fourth-order valence-electron chi connectivity index (χ4n) is 1.78. The molecule has 2 N–H and O–H groups in total. The molecule has 0 radical (unpaired) electrons. The number of thiophene rings is 1. The second kappa shape index (κ2) is 6.36. The number of carboxylic acid groups (broad SMARTS) is 1. The second-order valence-corrected chi connectivity index (χ2v) is 5.42. The Balaban J connectivity index is 2.04. The van der Waals surface area contributed by atoms with E-state index >= 15 is 0 Å². The van der Waals surface area contributed by atoms with Crippen LogP contribution in [0.5, 0.6) is 0 Å². The van der Waals surface area contributed by atoms with Crippen molar-refractivity contribution in [2.24, 2.45) is 7.05 Å². The minimum atomic E-state index is -0.998. The van der Waals surface area contributed by atoms with Crippen LogP contribution in [0.4, 0.5) is 0 Å². The maximum Gasteiger partial charge on any atom is 0.328 e. The second-order valence-electron chi connectivity index (χ2n) is 4.42. The molecule has 0 aliphatic rings. The summed E-state index contributed by atoms with van der Waals surface area (Å²) in [6.45, 7) is 2.18. The monoisotopic (exact) mass is 305 g/mol. The number of hydrogen-bond donors (Lipinski definition) is 2. The number of nitrogens with one attached hydrogen (secondary N) is 1. The van der Waals surface area contributed by atoms with E-state index in [2.05, 4.69) is 10.4 Å². The van der Waals surface area contributed by atoms with Crippen molar-refractivity contribution in [3.8, 4) is 0 Å². The highest BCUT2D eigenvalue weighted by atomic mass is 32.1. The number of amides is 1. The summed E-state index contributed by atoms with van der Waals surface area (Å²) in [6, 6.07) is 1.82. The molecule has 0 spiro atoms. The van der Waals surface area contributed by atoms with Crippen LogP contribution in [0, 0.1) is 6.92 Å². The maximum atomic E-state index is 12.1. The number of aryl methyl sites for hydroxylation is 1. The topological polar surface area (TPSA) is 84.2 Å². The van der Waals surface area contributed by atoms with Crippen LogP contribution < -0.4 is 5.32 Å². The van der Waals surface area contributed by atoms with E-state index in [0.29, 0.717) is 12.1 Å². The Bertz CT molecular complexity index is 700. The molecule has 0 aliphatic carbocycles. The van der Waals surface area contributed by atoms with Gasteiger partial charge in [-0.05, 0) is 30.0 Å². The molecule has 0 aromatic carbocycles. The minimum Gasteiger partial charge on any atom is -0.478 e. The molecule has 0 saturated carbocycles. The van der Waals surface area contributed by atoms with Crippen LogP contribution in [0.2, 0.25) is 0 Å². The summed E-state index contributed by atoms with van der Waals surface area (Å²) >= 11 is 1.47. The summed E-state index contributed by atoms with van der Waals surface area (Å²) in [5.41, 5.74) is 2.13. The number of carbonyl (C=O) groups excluding carboxylic acids is 1. The first-order chi connectivity index (χ1) is 9.99. The van der Waals surface area contributed by atoms with Gasteiger partial charge in [0.1, 0.15) is 0 Å². The van der Waals surface area contributed by atoms with Crippen molar-refractivity contribution in [1.29, 1.82) is 0 Å². The smallest absolute Gasteiger partial charge is 0.328 e. The highest BCUT2D eigenvalue weighted by Gasteiger charge is 2.13. The molecule has 2 rings (SSSR count). The van der Waals surface area contributed by atoms with Crippen molar-refractivity contribution in [3.63, 3.8) is 0 Å². The summed E-state index contributed by atoms with van der Waals surface area (Å²) in [6.07, 6.45) is 4.14. The zero-order chi connectivity index (χ0) is 15.4. The summed E-state index contributed by atoms with van der Waals surface area (Å²) in [5.74, 6) is -1.19. The first kappa shape index (κ1) is 15.0. The lowest BCUT2D eigenvalue weighted by Crippen LogP contribution is -2.23. The van der Waals surface area contributed by atoms with Gasteiger partial charge in [0.05, 0.1) is 18.3 Å². The fourth-order valence-corrected chi connectivity index (χ4v) is 2.59. The predicted octanol–water partition coefficient (Wildman–Crippen LogP) is 1.82. The normalized spacial score (nSPS) is 11.0. The van der Waals surface area contributed by atoms with Gasteiger partial charge in [0, 0.05) is 23.7 Å². The molecule has 0 unspecified atom stereocenters. The number of carboxylic acids is 1. The Morgan fingerprint density at radius 2 is 2.29 bits per heavy atom. The third kappa shape index (κ3) is 3.57. The Morgan fingerprint density at radius 3 is 2.90 bits per heavy atom. The molecule has 1 amide bonds. The van der Waals surface area contributed by atoms with Gasteiger partial charge in [-0.15, -0.1) is 11.3 Å². The Hall–Kier alpha value is -2.41. The zero-order valence-electron chi connectivity index (χ0n) is 11.7. The lowest BCUT2D eigenvalue weighted by atomic mass is 10.2.